The van der Waals surface area contributed by atoms with E-state index in [-0.39, 0.29) is 28.0 Å². The molecular formula is C27H29NO13. The zero-order valence-electron chi connectivity index (χ0n) is 21.7. The van der Waals surface area contributed by atoms with E-state index in [4.69, 9.17) is 19.9 Å². The highest BCUT2D eigenvalue weighted by atomic mass is 16.7. The number of aromatic hydroxyl groups is 2. The summed E-state index contributed by atoms with van der Waals surface area (Å²) in [6.45, 7) is -1.84. The number of phenols is 2. The third-order valence-corrected chi connectivity index (χ3v) is 7.97. The van der Waals surface area contributed by atoms with E-state index in [9.17, 15) is 50.1 Å². The second-order valence-electron chi connectivity index (χ2n) is 10.3. The number of nitrogens with two attached hydrogens (primary N) is 1. The van der Waals surface area contributed by atoms with Gasteiger partial charge in [0.05, 0.1) is 42.6 Å². The van der Waals surface area contributed by atoms with Crippen LogP contribution in [0.25, 0.3) is 0 Å². The average molecular weight is 576 g/mol. The Kier molecular flexibility index (Phi) is 7.38. The maximum atomic E-state index is 13.7. The minimum Gasteiger partial charge on any atom is -0.507 e. The molecule has 9 N–H and O–H groups in total. The zero-order chi connectivity index (χ0) is 30.0. The number of hydrogen-bond donors (Lipinski definition) is 8. The summed E-state index contributed by atoms with van der Waals surface area (Å²) in [4.78, 5) is 39.8. The topological polar surface area (TPSA) is 247 Å². The number of aliphatic hydroxyl groups excluding tert-OH is 4. The first-order chi connectivity index (χ1) is 19.4. The Balaban J connectivity index is 1.69. The molecule has 14 heteroatoms. The summed E-state index contributed by atoms with van der Waals surface area (Å²) in [6, 6.07) is 2.82. The van der Waals surface area contributed by atoms with Crippen LogP contribution in [0.2, 0.25) is 0 Å². The van der Waals surface area contributed by atoms with Crippen molar-refractivity contribution in [3.8, 4) is 17.2 Å². The van der Waals surface area contributed by atoms with E-state index in [1.807, 2.05) is 0 Å². The number of hydrogen-bond acceptors (Lipinski definition) is 14. The van der Waals surface area contributed by atoms with Crippen molar-refractivity contribution in [3.05, 3.63) is 51.6 Å². The summed E-state index contributed by atoms with van der Waals surface area (Å²) in [5, 5.41) is 73.7. The molecule has 7 atom stereocenters. The lowest BCUT2D eigenvalue weighted by atomic mass is 9.72. The van der Waals surface area contributed by atoms with Crippen molar-refractivity contribution in [1.82, 2.24) is 0 Å². The molecule has 0 bridgehead atoms. The third-order valence-electron chi connectivity index (χ3n) is 7.97. The minimum absolute atomic E-state index is 0.0444. The second-order valence-corrected chi connectivity index (χ2v) is 10.3. The highest BCUT2D eigenvalue weighted by Crippen LogP contribution is 2.52. The normalized spacial score (nSPS) is 30.8. The molecule has 2 aromatic rings. The van der Waals surface area contributed by atoms with Crippen molar-refractivity contribution in [2.75, 3.05) is 20.3 Å². The largest absolute Gasteiger partial charge is 0.507 e. The van der Waals surface area contributed by atoms with Crippen molar-refractivity contribution in [2.45, 2.75) is 55.2 Å². The molecule has 7 unspecified atom stereocenters. The lowest BCUT2D eigenvalue weighted by Crippen LogP contribution is -2.63. The van der Waals surface area contributed by atoms with Gasteiger partial charge in [0.1, 0.15) is 47.8 Å². The number of Topliss-reactive ketones (excluding diaryl/α,β-unsaturated/α-hetero) is 1. The van der Waals surface area contributed by atoms with Gasteiger partial charge in [-0.25, -0.2) is 0 Å². The molecule has 1 fully saturated rings. The van der Waals surface area contributed by atoms with Gasteiger partial charge in [-0.15, -0.1) is 0 Å². The molecule has 0 radical (unpaired) electrons. The lowest BCUT2D eigenvalue weighted by Gasteiger charge is -2.44. The number of fused-ring (bicyclic) bond motifs is 3. The molecule has 0 spiro atoms. The van der Waals surface area contributed by atoms with E-state index in [1.54, 1.807) is 0 Å². The molecule has 2 aromatic carbocycles. The van der Waals surface area contributed by atoms with Crippen LogP contribution >= 0.6 is 0 Å². The van der Waals surface area contributed by atoms with Gasteiger partial charge < -0.3 is 55.7 Å². The molecule has 41 heavy (non-hydrogen) atoms. The monoisotopic (exact) mass is 575 g/mol. The first-order valence-electron chi connectivity index (χ1n) is 12.7. The van der Waals surface area contributed by atoms with Crippen molar-refractivity contribution in [3.63, 3.8) is 0 Å². The van der Waals surface area contributed by atoms with Crippen LogP contribution in [0.1, 0.15) is 55.5 Å². The molecule has 14 nitrogen and oxygen atoms in total. The predicted molar refractivity (Wildman–Crippen MR) is 135 cm³/mol. The van der Waals surface area contributed by atoms with E-state index in [0.29, 0.717) is 0 Å². The fraction of sp³-hybridized carbons (Fsp3) is 0.444. The van der Waals surface area contributed by atoms with Gasteiger partial charge >= 0.3 is 0 Å². The molecule has 1 saturated heterocycles. The number of carbonyl (C=O) groups is 3. The van der Waals surface area contributed by atoms with Crippen LogP contribution in [0.15, 0.2) is 18.2 Å². The summed E-state index contributed by atoms with van der Waals surface area (Å²) >= 11 is 0. The first-order valence-corrected chi connectivity index (χ1v) is 12.7. The maximum absolute atomic E-state index is 13.7. The van der Waals surface area contributed by atoms with E-state index >= 15 is 0 Å². The minimum atomic E-state index is -2.37. The fourth-order valence-corrected chi connectivity index (χ4v) is 5.78. The molecule has 0 amide bonds. The van der Waals surface area contributed by atoms with E-state index in [2.05, 4.69) is 0 Å². The maximum Gasteiger partial charge on any atom is 0.202 e. The van der Waals surface area contributed by atoms with Crippen LogP contribution < -0.4 is 10.5 Å². The highest BCUT2D eigenvalue weighted by Gasteiger charge is 2.51. The summed E-state index contributed by atoms with van der Waals surface area (Å²) < 4.78 is 16.6. The number of ether oxygens (including phenoxy) is 3. The molecule has 1 heterocycles. The number of methoxy groups -OCH3 is 1. The number of aliphatic hydroxyl groups is 5. The van der Waals surface area contributed by atoms with Gasteiger partial charge in [0.2, 0.25) is 5.78 Å². The molecule has 0 aromatic heterocycles. The highest BCUT2D eigenvalue weighted by molar-refractivity contribution is 6.31. The number of phenolic OH excluding ortho intramolecular Hbond substituents is 2. The molecular weight excluding hydrogens is 546 g/mol. The van der Waals surface area contributed by atoms with Crippen molar-refractivity contribution in [2.24, 2.45) is 5.73 Å². The van der Waals surface area contributed by atoms with Crippen LogP contribution in [0.5, 0.6) is 17.2 Å². The molecule has 5 rings (SSSR count). The SMILES string of the molecule is COc1cccc2c1C(=O)c1c(O)c3c(c(O)c1C2=O)CC(O)(C(=O)CO)CC3OC1OC(CO)C(O)C(O)C1N. The van der Waals surface area contributed by atoms with E-state index < -0.39 is 108 Å². The Labute approximate surface area is 232 Å². The van der Waals surface area contributed by atoms with Crippen LogP contribution in [-0.2, 0) is 20.7 Å². The molecule has 1 aliphatic heterocycles. The van der Waals surface area contributed by atoms with Gasteiger partial charge in [0.15, 0.2) is 17.9 Å². The van der Waals surface area contributed by atoms with Crippen molar-refractivity contribution >= 4 is 17.3 Å². The van der Waals surface area contributed by atoms with E-state index in [1.165, 1.54) is 25.3 Å². The van der Waals surface area contributed by atoms with Crippen LogP contribution in [0, 0.1) is 0 Å². The van der Waals surface area contributed by atoms with Crippen LogP contribution in [0.4, 0.5) is 0 Å². The van der Waals surface area contributed by atoms with Crippen LogP contribution in [0.3, 0.4) is 0 Å². The number of rotatable bonds is 6. The summed E-state index contributed by atoms with van der Waals surface area (Å²) in [6.07, 6.45) is -9.03. The fourth-order valence-electron chi connectivity index (χ4n) is 5.78. The number of ketones is 3. The predicted octanol–water partition coefficient (Wildman–Crippen LogP) is -2.06. The Morgan fingerprint density at radius 1 is 1.07 bits per heavy atom. The van der Waals surface area contributed by atoms with Gasteiger partial charge in [-0.2, -0.15) is 0 Å². The lowest BCUT2D eigenvalue weighted by molar-refractivity contribution is -0.283. The summed E-state index contributed by atoms with van der Waals surface area (Å²) in [7, 11) is 1.29. The molecule has 220 valence electrons. The number of carbonyl (C=O) groups excluding carboxylic acids is 3. The van der Waals surface area contributed by atoms with Gasteiger partial charge in [-0.05, 0) is 6.07 Å². The quantitative estimate of drug-likeness (QED) is 0.147. The van der Waals surface area contributed by atoms with Crippen molar-refractivity contribution < 1.29 is 64.3 Å². The molecule has 2 aliphatic carbocycles. The van der Waals surface area contributed by atoms with Gasteiger partial charge in [-0.1, -0.05) is 12.1 Å². The summed E-state index contributed by atoms with van der Waals surface area (Å²) in [5.41, 5.74) is 1.66. The van der Waals surface area contributed by atoms with Gasteiger partial charge in [-0.3, -0.25) is 14.4 Å². The smallest absolute Gasteiger partial charge is 0.202 e. The Bertz CT molecular complexity index is 1440. The second kappa shape index (κ2) is 10.4. The van der Waals surface area contributed by atoms with Gasteiger partial charge in [0, 0.05) is 29.5 Å². The van der Waals surface area contributed by atoms with Gasteiger partial charge in [0.25, 0.3) is 0 Å². The Hall–Kier alpha value is -3.47. The van der Waals surface area contributed by atoms with Crippen molar-refractivity contribution in [1.29, 1.82) is 0 Å². The molecule has 3 aliphatic rings. The Morgan fingerprint density at radius 2 is 1.76 bits per heavy atom. The third kappa shape index (κ3) is 4.31. The van der Waals surface area contributed by atoms with Crippen LogP contribution in [-0.4, -0.2) is 110 Å². The average Bonchev–Trinajstić information content (AvgIpc) is 2.96. The Morgan fingerprint density at radius 3 is 2.39 bits per heavy atom. The zero-order valence-corrected chi connectivity index (χ0v) is 21.7. The standard InChI is InChI=1S/C27H29NO13/c1-39-11-4-2-3-9-15(11)23(35)18-17(20(9)32)21(33)10-5-27(38,14(31)8-30)6-12(16(10)24(18)36)40-26-19(28)25(37)22(34)13(7-29)41-26/h2-4,12-13,19,22,25-26,29-30,33-34,36-38H,5-8,28H2,1H3. The summed E-state index contributed by atoms with van der Waals surface area (Å²) in [5.74, 6) is -4.28. The first kappa shape index (κ1) is 29.0. The molecule has 0 saturated carbocycles. The van der Waals surface area contributed by atoms with E-state index in [0.717, 1.165) is 0 Å². The number of benzene rings is 2.